The van der Waals surface area contributed by atoms with Crippen molar-refractivity contribution in [2.24, 2.45) is 5.92 Å². The van der Waals surface area contributed by atoms with Crippen molar-refractivity contribution >= 4 is 0 Å². The van der Waals surface area contributed by atoms with Crippen molar-refractivity contribution in [2.45, 2.75) is 32.4 Å². The second kappa shape index (κ2) is 3.51. The highest BCUT2D eigenvalue weighted by atomic mass is 19.4. The van der Waals surface area contributed by atoms with Gasteiger partial charge in [0, 0.05) is 11.4 Å². The summed E-state index contributed by atoms with van der Waals surface area (Å²) >= 11 is 0. The van der Waals surface area contributed by atoms with E-state index in [1.165, 1.54) is 0 Å². The Morgan fingerprint density at radius 2 is 2.07 bits per heavy atom. The number of alkyl halides is 3. The van der Waals surface area contributed by atoms with Crippen LogP contribution in [-0.2, 0) is 12.8 Å². The van der Waals surface area contributed by atoms with Crippen LogP contribution in [-0.4, -0.2) is 11.2 Å². The Kier molecular flexibility index (Phi) is 2.44. The predicted molar refractivity (Wildman–Crippen MR) is 50.5 cm³/mol. The molecule has 0 saturated heterocycles. The quantitative estimate of drug-likeness (QED) is 0.648. The van der Waals surface area contributed by atoms with Gasteiger partial charge in [-0.3, -0.25) is 4.98 Å². The second-order valence-corrected chi connectivity index (χ2v) is 4.04. The zero-order chi connectivity index (χ0) is 11.1. The molecule has 0 N–H and O–H groups in total. The summed E-state index contributed by atoms with van der Waals surface area (Å²) in [4.78, 5) is 4.26. The molecule has 1 aromatic heterocycles. The molecule has 1 nitrogen and oxygen atoms in total. The number of rotatable bonds is 0. The van der Waals surface area contributed by atoms with Gasteiger partial charge in [-0.25, -0.2) is 0 Å². The van der Waals surface area contributed by atoms with Crippen LogP contribution in [0.15, 0.2) is 12.1 Å². The molecule has 1 unspecified atom stereocenters. The first-order valence-corrected chi connectivity index (χ1v) is 4.99. The van der Waals surface area contributed by atoms with Crippen LogP contribution in [0, 0.1) is 12.8 Å². The minimum Gasteiger partial charge on any atom is -0.258 e. The van der Waals surface area contributed by atoms with E-state index in [0.717, 1.165) is 17.0 Å². The van der Waals surface area contributed by atoms with Crippen molar-refractivity contribution in [3.05, 3.63) is 29.1 Å². The molecule has 1 aliphatic rings. The lowest BCUT2D eigenvalue weighted by Crippen LogP contribution is -2.29. The fourth-order valence-electron chi connectivity index (χ4n) is 2.00. The number of aromatic nitrogens is 1. The highest BCUT2D eigenvalue weighted by Crippen LogP contribution is 2.36. The summed E-state index contributed by atoms with van der Waals surface area (Å²) in [5.41, 5.74) is 2.48. The van der Waals surface area contributed by atoms with Gasteiger partial charge in [0.2, 0.25) is 0 Å². The molecule has 0 bridgehead atoms. The number of hydrogen-bond acceptors (Lipinski definition) is 1. The van der Waals surface area contributed by atoms with Crippen molar-refractivity contribution in [3.63, 3.8) is 0 Å². The monoisotopic (exact) mass is 215 g/mol. The third kappa shape index (κ3) is 2.13. The van der Waals surface area contributed by atoms with Crippen molar-refractivity contribution in [1.82, 2.24) is 4.98 Å². The molecule has 0 radical (unpaired) electrons. The average molecular weight is 215 g/mol. The first-order chi connectivity index (χ1) is 6.97. The van der Waals surface area contributed by atoms with Gasteiger partial charge in [-0.05, 0) is 37.8 Å². The van der Waals surface area contributed by atoms with Gasteiger partial charge in [-0.2, -0.15) is 13.2 Å². The highest BCUT2D eigenvalue weighted by molar-refractivity contribution is 5.25. The smallest absolute Gasteiger partial charge is 0.258 e. The number of aryl methyl sites for hydroxylation is 2. The molecular weight excluding hydrogens is 203 g/mol. The highest BCUT2D eigenvalue weighted by Gasteiger charge is 2.41. The maximum Gasteiger partial charge on any atom is 0.392 e. The predicted octanol–water partition coefficient (Wildman–Crippen LogP) is 3.06. The molecule has 4 heteroatoms. The van der Waals surface area contributed by atoms with Gasteiger partial charge < -0.3 is 0 Å². The number of nitrogens with zero attached hydrogens (tertiary/aromatic N) is 1. The third-order valence-corrected chi connectivity index (χ3v) is 2.87. The summed E-state index contributed by atoms with van der Waals surface area (Å²) < 4.78 is 37.5. The van der Waals surface area contributed by atoms with E-state index in [-0.39, 0.29) is 12.8 Å². The maximum absolute atomic E-state index is 12.5. The van der Waals surface area contributed by atoms with Crippen LogP contribution < -0.4 is 0 Å². The van der Waals surface area contributed by atoms with Gasteiger partial charge in [0.15, 0.2) is 0 Å². The number of halogens is 3. The molecule has 1 aromatic rings. The van der Waals surface area contributed by atoms with Crippen LogP contribution in [0.2, 0.25) is 0 Å². The van der Waals surface area contributed by atoms with E-state index in [9.17, 15) is 13.2 Å². The summed E-state index contributed by atoms with van der Waals surface area (Å²) in [5, 5.41) is 0. The van der Waals surface area contributed by atoms with E-state index in [0.29, 0.717) is 6.42 Å². The van der Waals surface area contributed by atoms with E-state index in [4.69, 9.17) is 0 Å². The maximum atomic E-state index is 12.5. The molecule has 1 heterocycles. The van der Waals surface area contributed by atoms with Gasteiger partial charge in [-0.1, -0.05) is 6.07 Å². The summed E-state index contributed by atoms with van der Waals surface area (Å²) in [6.45, 7) is 1.86. The van der Waals surface area contributed by atoms with Crippen LogP contribution in [0.1, 0.15) is 23.4 Å². The lowest BCUT2D eigenvalue weighted by Gasteiger charge is -2.25. The summed E-state index contributed by atoms with van der Waals surface area (Å²) in [6, 6.07) is 3.55. The molecule has 82 valence electrons. The Morgan fingerprint density at radius 3 is 2.73 bits per heavy atom. The molecule has 0 fully saturated rings. The lowest BCUT2D eigenvalue weighted by atomic mass is 9.86. The van der Waals surface area contributed by atoms with Gasteiger partial charge in [0.25, 0.3) is 0 Å². The van der Waals surface area contributed by atoms with E-state index < -0.39 is 12.1 Å². The molecule has 0 amide bonds. The molecule has 0 aromatic carbocycles. The van der Waals surface area contributed by atoms with Gasteiger partial charge in [-0.15, -0.1) is 0 Å². The van der Waals surface area contributed by atoms with Crippen molar-refractivity contribution in [3.8, 4) is 0 Å². The Bertz CT molecular complexity index is 371. The molecule has 2 rings (SSSR count). The van der Waals surface area contributed by atoms with Crippen molar-refractivity contribution in [2.75, 3.05) is 0 Å². The van der Waals surface area contributed by atoms with Crippen LogP contribution in [0.4, 0.5) is 13.2 Å². The van der Waals surface area contributed by atoms with Crippen molar-refractivity contribution in [1.29, 1.82) is 0 Å². The SMILES string of the molecule is Cc1ccc2c(n1)CCC(C(F)(F)F)C2. The van der Waals surface area contributed by atoms with Crippen LogP contribution in [0.3, 0.4) is 0 Å². The van der Waals surface area contributed by atoms with E-state index >= 15 is 0 Å². The van der Waals surface area contributed by atoms with Crippen LogP contribution in [0.5, 0.6) is 0 Å². The van der Waals surface area contributed by atoms with Crippen molar-refractivity contribution < 1.29 is 13.2 Å². The first kappa shape index (κ1) is 10.5. The number of pyridine rings is 1. The lowest BCUT2D eigenvalue weighted by molar-refractivity contribution is -0.177. The van der Waals surface area contributed by atoms with Crippen LogP contribution >= 0.6 is 0 Å². The largest absolute Gasteiger partial charge is 0.392 e. The third-order valence-electron chi connectivity index (χ3n) is 2.87. The van der Waals surface area contributed by atoms with Gasteiger partial charge >= 0.3 is 6.18 Å². The Labute approximate surface area is 86.3 Å². The molecule has 0 spiro atoms. The second-order valence-electron chi connectivity index (χ2n) is 4.04. The molecule has 1 aliphatic carbocycles. The Balaban J connectivity index is 2.24. The first-order valence-electron chi connectivity index (χ1n) is 4.99. The number of hydrogen-bond donors (Lipinski definition) is 0. The topological polar surface area (TPSA) is 12.9 Å². The fourth-order valence-corrected chi connectivity index (χ4v) is 2.00. The molecule has 15 heavy (non-hydrogen) atoms. The minimum absolute atomic E-state index is 0.0894. The normalized spacial score (nSPS) is 21.2. The summed E-state index contributed by atoms with van der Waals surface area (Å²) in [7, 11) is 0. The fraction of sp³-hybridized carbons (Fsp3) is 0.545. The molecule has 0 saturated carbocycles. The zero-order valence-electron chi connectivity index (χ0n) is 8.43. The van der Waals surface area contributed by atoms with Crippen LogP contribution in [0.25, 0.3) is 0 Å². The van der Waals surface area contributed by atoms with E-state index in [1.807, 2.05) is 6.92 Å². The molecule has 0 aliphatic heterocycles. The average Bonchev–Trinajstić information content (AvgIpc) is 2.15. The van der Waals surface area contributed by atoms with E-state index in [1.54, 1.807) is 12.1 Å². The Hall–Kier alpha value is -1.06. The Morgan fingerprint density at radius 1 is 1.33 bits per heavy atom. The number of fused-ring (bicyclic) bond motifs is 1. The molecule has 1 atom stereocenters. The summed E-state index contributed by atoms with van der Waals surface area (Å²) in [6.07, 6.45) is -3.36. The summed E-state index contributed by atoms with van der Waals surface area (Å²) in [5.74, 6) is -1.19. The van der Waals surface area contributed by atoms with Gasteiger partial charge in [0.05, 0.1) is 5.92 Å². The van der Waals surface area contributed by atoms with Gasteiger partial charge in [0.1, 0.15) is 0 Å². The minimum atomic E-state index is -4.07. The molecular formula is C11H12F3N. The van der Waals surface area contributed by atoms with E-state index in [2.05, 4.69) is 4.98 Å². The zero-order valence-corrected chi connectivity index (χ0v) is 8.43. The standard InChI is InChI=1S/C11H12F3N/c1-7-2-3-8-6-9(11(12,13)14)4-5-10(8)15-7/h2-3,9H,4-6H2,1H3.